The first kappa shape index (κ1) is 20.9. The number of hydrogen-bond donors (Lipinski definition) is 2. The second kappa shape index (κ2) is 11.4. The highest BCUT2D eigenvalue weighted by Crippen LogP contribution is 2.17. The van der Waals surface area contributed by atoms with Crippen molar-refractivity contribution in [2.45, 2.75) is 67.0 Å². The lowest BCUT2D eigenvalue weighted by Crippen LogP contribution is -2.42. The standard InChI is InChI=1S/C18H35N5S/c1-7-19-18(20-13-17-15(5)22-16(6)24-17)21-14(4)11-10-12-23(8-2)9-3/h14H,7-13H2,1-6H3,(H2,19,20,21). The van der Waals surface area contributed by atoms with Gasteiger partial charge in [0.2, 0.25) is 0 Å². The summed E-state index contributed by atoms with van der Waals surface area (Å²) in [6.45, 7) is 17.9. The summed E-state index contributed by atoms with van der Waals surface area (Å²) >= 11 is 1.74. The predicted molar refractivity (Wildman–Crippen MR) is 106 cm³/mol. The molecule has 0 bridgehead atoms. The maximum atomic E-state index is 4.73. The molecular formula is C18H35N5S. The summed E-state index contributed by atoms with van der Waals surface area (Å²) < 4.78 is 0. The molecule has 2 N–H and O–H groups in total. The van der Waals surface area contributed by atoms with Crippen LogP contribution in [0.1, 0.15) is 56.1 Å². The molecule has 0 radical (unpaired) electrons. The van der Waals surface area contributed by atoms with Gasteiger partial charge in [0.15, 0.2) is 5.96 Å². The van der Waals surface area contributed by atoms with Crippen LogP contribution < -0.4 is 10.6 Å². The van der Waals surface area contributed by atoms with Crippen LogP contribution in [0.3, 0.4) is 0 Å². The van der Waals surface area contributed by atoms with Crippen molar-refractivity contribution in [1.82, 2.24) is 20.5 Å². The van der Waals surface area contributed by atoms with Crippen LogP contribution in [-0.2, 0) is 6.54 Å². The lowest BCUT2D eigenvalue weighted by atomic mass is 10.2. The largest absolute Gasteiger partial charge is 0.357 e. The summed E-state index contributed by atoms with van der Waals surface area (Å²) in [5.41, 5.74) is 1.10. The normalized spacial score (nSPS) is 13.4. The first-order valence-corrected chi connectivity index (χ1v) is 10.0. The zero-order valence-corrected chi connectivity index (χ0v) is 17.1. The maximum Gasteiger partial charge on any atom is 0.191 e. The van der Waals surface area contributed by atoms with Crippen molar-refractivity contribution in [2.24, 2.45) is 4.99 Å². The van der Waals surface area contributed by atoms with Gasteiger partial charge in [-0.1, -0.05) is 13.8 Å². The zero-order chi connectivity index (χ0) is 17.9. The van der Waals surface area contributed by atoms with Gasteiger partial charge in [0.1, 0.15) is 0 Å². The second-order valence-electron chi connectivity index (χ2n) is 6.15. The summed E-state index contributed by atoms with van der Waals surface area (Å²) in [6, 6.07) is 0.419. The van der Waals surface area contributed by atoms with E-state index in [9.17, 15) is 0 Å². The van der Waals surface area contributed by atoms with Crippen LogP contribution in [0.5, 0.6) is 0 Å². The second-order valence-corrected chi connectivity index (χ2v) is 7.44. The minimum Gasteiger partial charge on any atom is -0.357 e. The first-order valence-electron chi connectivity index (χ1n) is 9.20. The average Bonchev–Trinajstić information content (AvgIpc) is 2.87. The van der Waals surface area contributed by atoms with Gasteiger partial charge in [0.25, 0.3) is 0 Å². The first-order chi connectivity index (χ1) is 11.5. The van der Waals surface area contributed by atoms with Crippen molar-refractivity contribution >= 4 is 17.3 Å². The smallest absolute Gasteiger partial charge is 0.191 e. The highest BCUT2D eigenvalue weighted by Gasteiger charge is 2.08. The van der Waals surface area contributed by atoms with Gasteiger partial charge >= 0.3 is 0 Å². The van der Waals surface area contributed by atoms with E-state index in [1.165, 1.54) is 17.8 Å². The fraction of sp³-hybridized carbons (Fsp3) is 0.778. The molecule has 1 atom stereocenters. The molecule has 0 aliphatic carbocycles. The molecule has 0 aliphatic heterocycles. The number of aromatic nitrogens is 1. The molecule has 5 nitrogen and oxygen atoms in total. The predicted octanol–water partition coefficient (Wildman–Crippen LogP) is 3.33. The van der Waals surface area contributed by atoms with Gasteiger partial charge in [0, 0.05) is 17.5 Å². The number of guanidine groups is 1. The third-order valence-corrected chi connectivity index (χ3v) is 5.17. The Labute approximate surface area is 152 Å². The third kappa shape index (κ3) is 7.62. The van der Waals surface area contributed by atoms with E-state index in [2.05, 4.69) is 55.1 Å². The van der Waals surface area contributed by atoms with Gasteiger partial charge in [-0.05, 0) is 60.2 Å². The lowest BCUT2D eigenvalue weighted by Gasteiger charge is -2.21. The highest BCUT2D eigenvalue weighted by atomic mass is 32.1. The van der Waals surface area contributed by atoms with Gasteiger partial charge in [-0.3, -0.25) is 0 Å². The number of nitrogens with one attached hydrogen (secondary N) is 2. The Hall–Kier alpha value is -1.14. The lowest BCUT2D eigenvalue weighted by molar-refractivity contribution is 0.292. The highest BCUT2D eigenvalue weighted by molar-refractivity contribution is 7.11. The molecule has 1 aromatic heterocycles. The number of hydrogen-bond acceptors (Lipinski definition) is 4. The molecule has 1 unspecified atom stereocenters. The van der Waals surface area contributed by atoms with E-state index in [4.69, 9.17) is 4.99 Å². The molecular weight excluding hydrogens is 318 g/mol. The summed E-state index contributed by atoms with van der Waals surface area (Å²) in [5, 5.41) is 7.98. The topological polar surface area (TPSA) is 52.6 Å². The van der Waals surface area contributed by atoms with Crippen LogP contribution in [0.2, 0.25) is 0 Å². The molecule has 1 heterocycles. The van der Waals surface area contributed by atoms with Crippen molar-refractivity contribution in [1.29, 1.82) is 0 Å². The Morgan fingerprint density at radius 2 is 1.96 bits per heavy atom. The van der Waals surface area contributed by atoms with E-state index in [0.717, 1.165) is 42.7 Å². The molecule has 0 amide bonds. The zero-order valence-electron chi connectivity index (χ0n) is 16.3. The summed E-state index contributed by atoms with van der Waals surface area (Å²) in [7, 11) is 0. The third-order valence-electron chi connectivity index (χ3n) is 4.11. The Morgan fingerprint density at radius 1 is 1.25 bits per heavy atom. The Bertz CT molecular complexity index is 494. The average molecular weight is 354 g/mol. The van der Waals surface area contributed by atoms with E-state index in [0.29, 0.717) is 12.6 Å². The molecule has 0 fully saturated rings. The molecule has 0 aliphatic rings. The Morgan fingerprint density at radius 3 is 2.50 bits per heavy atom. The molecule has 6 heteroatoms. The minimum atomic E-state index is 0.419. The monoisotopic (exact) mass is 353 g/mol. The van der Waals surface area contributed by atoms with Crippen LogP contribution >= 0.6 is 11.3 Å². The van der Waals surface area contributed by atoms with E-state index < -0.39 is 0 Å². The van der Waals surface area contributed by atoms with Crippen molar-refractivity contribution in [3.8, 4) is 0 Å². The van der Waals surface area contributed by atoms with Crippen LogP contribution in [-0.4, -0.2) is 48.1 Å². The van der Waals surface area contributed by atoms with Crippen molar-refractivity contribution in [2.75, 3.05) is 26.2 Å². The summed E-state index contributed by atoms with van der Waals surface area (Å²) in [5.74, 6) is 0.901. The molecule has 1 aromatic rings. The minimum absolute atomic E-state index is 0.419. The molecule has 0 spiro atoms. The van der Waals surface area contributed by atoms with Gasteiger partial charge in [0.05, 0.1) is 17.2 Å². The van der Waals surface area contributed by atoms with Crippen LogP contribution in [0.15, 0.2) is 4.99 Å². The summed E-state index contributed by atoms with van der Waals surface area (Å²) in [4.78, 5) is 12.9. The molecule has 0 saturated heterocycles. The molecule has 0 aromatic carbocycles. The van der Waals surface area contributed by atoms with E-state index in [-0.39, 0.29) is 0 Å². The van der Waals surface area contributed by atoms with E-state index in [1.807, 2.05) is 6.92 Å². The number of thiazole rings is 1. The Balaban J connectivity index is 2.49. The molecule has 24 heavy (non-hydrogen) atoms. The van der Waals surface area contributed by atoms with E-state index >= 15 is 0 Å². The number of aliphatic imine (C=N–C) groups is 1. The number of rotatable bonds is 10. The maximum absolute atomic E-state index is 4.73. The van der Waals surface area contributed by atoms with Crippen LogP contribution in [0.25, 0.3) is 0 Å². The molecule has 138 valence electrons. The number of nitrogens with zero attached hydrogens (tertiary/aromatic N) is 3. The van der Waals surface area contributed by atoms with Crippen LogP contribution in [0, 0.1) is 13.8 Å². The molecule has 0 saturated carbocycles. The van der Waals surface area contributed by atoms with Crippen molar-refractivity contribution < 1.29 is 0 Å². The number of aryl methyl sites for hydroxylation is 2. The van der Waals surface area contributed by atoms with Gasteiger partial charge < -0.3 is 15.5 Å². The Kier molecular flexibility index (Phi) is 9.95. The molecule has 1 rings (SSSR count). The van der Waals surface area contributed by atoms with Gasteiger partial charge in [-0.2, -0.15) is 0 Å². The quantitative estimate of drug-likeness (QED) is 0.500. The fourth-order valence-corrected chi connectivity index (χ4v) is 3.52. The van der Waals surface area contributed by atoms with E-state index in [1.54, 1.807) is 11.3 Å². The van der Waals surface area contributed by atoms with Crippen LogP contribution in [0.4, 0.5) is 0 Å². The van der Waals surface area contributed by atoms with Gasteiger partial charge in [-0.25, -0.2) is 9.98 Å². The fourth-order valence-electron chi connectivity index (χ4n) is 2.66. The van der Waals surface area contributed by atoms with Gasteiger partial charge in [-0.15, -0.1) is 11.3 Å². The SMILES string of the molecule is CCNC(=NCc1sc(C)nc1C)NC(C)CCCN(CC)CC. The van der Waals surface area contributed by atoms with Crippen molar-refractivity contribution in [3.05, 3.63) is 15.6 Å². The van der Waals surface area contributed by atoms with Crippen molar-refractivity contribution in [3.63, 3.8) is 0 Å². The summed E-state index contributed by atoms with van der Waals surface area (Å²) in [6.07, 6.45) is 2.36.